The van der Waals surface area contributed by atoms with Crippen molar-refractivity contribution in [3.05, 3.63) is 11.6 Å². The first-order valence-electron chi connectivity index (χ1n) is 11.6. The summed E-state index contributed by atoms with van der Waals surface area (Å²) in [6.45, 7) is 11.2. The van der Waals surface area contributed by atoms with Crippen LogP contribution in [0.15, 0.2) is 11.6 Å². The average molecular weight is 429 g/mol. The lowest BCUT2D eigenvalue weighted by molar-refractivity contribution is -0.205. The molecule has 0 saturated heterocycles. The van der Waals surface area contributed by atoms with Gasteiger partial charge in [0, 0.05) is 0 Å². The predicted molar refractivity (Wildman–Crippen MR) is 118 cm³/mol. The molecule has 2 N–H and O–H groups in total. The molecule has 0 aromatic rings. The Hall–Kier alpha value is -0.950. The second-order valence-corrected chi connectivity index (χ2v) is 9.61. The molecular weight excluding hydrogens is 384 g/mol. The van der Waals surface area contributed by atoms with Crippen molar-refractivity contribution < 1.29 is 29.2 Å². The summed E-state index contributed by atoms with van der Waals surface area (Å²) in [6, 6.07) is 0. The summed E-state index contributed by atoms with van der Waals surface area (Å²) in [5, 5.41) is 21.5. The van der Waals surface area contributed by atoms with Crippen LogP contribution >= 0.6 is 0 Å². The van der Waals surface area contributed by atoms with E-state index in [-0.39, 0.29) is 18.7 Å². The van der Waals surface area contributed by atoms with Gasteiger partial charge in [0.2, 0.25) is 0 Å². The number of hydrogen-bond acceptors (Lipinski definition) is 6. The van der Waals surface area contributed by atoms with E-state index in [9.17, 15) is 15.0 Å². The van der Waals surface area contributed by atoms with Crippen LogP contribution in [-0.4, -0.2) is 53.5 Å². The summed E-state index contributed by atoms with van der Waals surface area (Å²) >= 11 is 0. The van der Waals surface area contributed by atoms with E-state index in [0.717, 1.165) is 12.8 Å². The van der Waals surface area contributed by atoms with E-state index in [2.05, 4.69) is 6.92 Å². The minimum absolute atomic E-state index is 0.0826. The highest BCUT2D eigenvalue weighted by atomic mass is 16.7. The molecule has 6 nitrogen and oxygen atoms in total. The molecule has 1 rings (SSSR count). The molecule has 0 aromatic heterocycles. The summed E-state index contributed by atoms with van der Waals surface area (Å²) in [5.74, 6) is -0.362. The van der Waals surface area contributed by atoms with E-state index in [4.69, 9.17) is 14.2 Å². The van der Waals surface area contributed by atoms with Gasteiger partial charge >= 0.3 is 5.97 Å². The standard InChI is InChI=1S/C24H44O6/c1-7-8-9-10-11-12-13-14-19(25)18-15-21(29-17(2)3)30-20(22(18)26)16-28-23(27)24(4,5)6/h15,17,19-22,25-26H,7-14,16H2,1-6H3/t19-,20-,21+,22-/m1/s1. The number of unbranched alkanes of at least 4 members (excludes halogenated alkanes) is 6. The van der Waals surface area contributed by atoms with Crippen molar-refractivity contribution in [1.29, 1.82) is 0 Å². The van der Waals surface area contributed by atoms with Gasteiger partial charge in [0.15, 0.2) is 6.29 Å². The zero-order chi connectivity index (χ0) is 22.7. The first-order chi connectivity index (χ1) is 14.1. The SMILES string of the molecule is CCCCCCCCC[C@@H](O)C1=C[C@@H](OC(C)C)O[C@H](COC(=O)C(C)(C)C)[C@@H]1O. The van der Waals surface area contributed by atoms with Crippen LogP contribution in [0.3, 0.4) is 0 Å². The third-order valence-electron chi connectivity index (χ3n) is 5.19. The molecule has 1 aliphatic heterocycles. The van der Waals surface area contributed by atoms with Gasteiger partial charge in [-0.3, -0.25) is 4.79 Å². The molecule has 0 aromatic carbocycles. The Labute approximate surface area is 183 Å². The van der Waals surface area contributed by atoms with Gasteiger partial charge in [-0.2, -0.15) is 0 Å². The van der Waals surface area contributed by atoms with E-state index in [0.29, 0.717) is 12.0 Å². The molecule has 0 aliphatic carbocycles. The molecule has 30 heavy (non-hydrogen) atoms. The molecule has 1 heterocycles. The largest absolute Gasteiger partial charge is 0.462 e. The maximum atomic E-state index is 12.1. The summed E-state index contributed by atoms with van der Waals surface area (Å²) in [5.41, 5.74) is -0.141. The highest BCUT2D eigenvalue weighted by Gasteiger charge is 2.36. The van der Waals surface area contributed by atoms with Gasteiger partial charge in [-0.15, -0.1) is 0 Å². The number of rotatable bonds is 13. The van der Waals surface area contributed by atoms with E-state index < -0.39 is 30.0 Å². The van der Waals surface area contributed by atoms with Crippen molar-refractivity contribution in [3.8, 4) is 0 Å². The number of aliphatic hydroxyl groups excluding tert-OH is 2. The zero-order valence-corrected chi connectivity index (χ0v) is 19.9. The molecule has 0 radical (unpaired) electrons. The van der Waals surface area contributed by atoms with Crippen molar-refractivity contribution in [2.24, 2.45) is 5.41 Å². The van der Waals surface area contributed by atoms with Gasteiger partial charge < -0.3 is 24.4 Å². The lowest BCUT2D eigenvalue weighted by Gasteiger charge is -2.36. The molecule has 0 saturated carbocycles. The number of ether oxygens (including phenoxy) is 3. The maximum absolute atomic E-state index is 12.1. The molecule has 0 unspecified atom stereocenters. The zero-order valence-electron chi connectivity index (χ0n) is 19.9. The Morgan fingerprint density at radius 3 is 2.30 bits per heavy atom. The third kappa shape index (κ3) is 9.90. The topological polar surface area (TPSA) is 85.2 Å². The number of carbonyl (C=O) groups is 1. The van der Waals surface area contributed by atoms with Gasteiger partial charge in [0.1, 0.15) is 18.8 Å². The van der Waals surface area contributed by atoms with Gasteiger partial charge in [0.25, 0.3) is 0 Å². The second kappa shape index (κ2) is 13.5. The van der Waals surface area contributed by atoms with Crippen molar-refractivity contribution in [3.63, 3.8) is 0 Å². The minimum atomic E-state index is -1.04. The van der Waals surface area contributed by atoms with E-state index >= 15 is 0 Å². The predicted octanol–water partition coefficient (Wildman–Crippen LogP) is 4.51. The van der Waals surface area contributed by atoms with Crippen LogP contribution in [0.4, 0.5) is 0 Å². The van der Waals surface area contributed by atoms with Gasteiger partial charge in [0.05, 0.1) is 17.6 Å². The van der Waals surface area contributed by atoms with Gasteiger partial charge in [-0.1, -0.05) is 51.9 Å². The van der Waals surface area contributed by atoms with E-state index in [1.54, 1.807) is 26.8 Å². The minimum Gasteiger partial charge on any atom is -0.462 e. The Bertz CT molecular complexity index is 522. The Balaban J connectivity index is 2.66. The van der Waals surface area contributed by atoms with E-state index in [1.807, 2.05) is 13.8 Å². The van der Waals surface area contributed by atoms with Crippen LogP contribution in [0.25, 0.3) is 0 Å². The Kier molecular flexibility index (Phi) is 12.2. The maximum Gasteiger partial charge on any atom is 0.311 e. The van der Waals surface area contributed by atoms with Crippen LogP contribution < -0.4 is 0 Å². The molecule has 0 fully saturated rings. The monoisotopic (exact) mass is 428 g/mol. The third-order valence-corrected chi connectivity index (χ3v) is 5.19. The van der Waals surface area contributed by atoms with Crippen molar-refractivity contribution in [2.45, 2.75) is 124 Å². The number of esters is 1. The highest BCUT2D eigenvalue weighted by molar-refractivity contribution is 5.75. The smallest absolute Gasteiger partial charge is 0.311 e. The van der Waals surface area contributed by atoms with Gasteiger partial charge in [-0.25, -0.2) is 0 Å². The van der Waals surface area contributed by atoms with E-state index in [1.165, 1.54) is 32.1 Å². The fraction of sp³-hybridized carbons (Fsp3) is 0.875. The summed E-state index contributed by atoms with van der Waals surface area (Å²) in [7, 11) is 0. The van der Waals surface area contributed by atoms with Crippen molar-refractivity contribution in [1.82, 2.24) is 0 Å². The van der Waals surface area contributed by atoms with Crippen molar-refractivity contribution >= 4 is 5.97 Å². The molecule has 4 atom stereocenters. The van der Waals surface area contributed by atoms with Crippen LogP contribution in [-0.2, 0) is 19.0 Å². The number of hydrogen-bond donors (Lipinski definition) is 2. The molecule has 0 bridgehead atoms. The van der Waals surface area contributed by atoms with Crippen LogP contribution in [0.1, 0.15) is 92.9 Å². The summed E-state index contributed by atoms with van der Waals surface area (Å²) in [6.07, 6.45) is 7.05. The molecule has 1 aliphatic rings. The van der Waals surface area contributed by atoms with Crippen molar-refractivity contribution in [2.75, 3.05) is 6.61 Å². The quantitative estimate of drug-likeness (QED) is 0.255. The fourth-order valence-electron chi connectivity index (χ4n) is 3.37. The van der Waals surface area contributed by atoms with Gasteiger partial charge in [-0.05, 0) is 52.7 Å². The number of aliphatic hydroxyl groups is 2. The molecule has 0 spiro atoms. The molecule has 0 amide bonds. The lowest BCUT2D eigenvalue weighted by Crippen LogP contribution is -2.46. The summed E-state index contributed by atoms with van der Waals surface area (Å²) in [4.78, 5) is 12.1. The van der Waals surface area contributed by atoms with Crippen LogP contribution in [0.2, 0.25) is 0 Å². The van der Waals surface area contributed by atoms with Crippen LogP contribution in [0, 0.1) is 5.41 Å². The van der Waals surface area contributed by atoms with Crippen LogP contribution in [0.5, 0.6) is 0 Å². The first kappa shape index (κ1) is 27.1. The Morgan fingerprint density at radius 2 is 1.73 bits per heavy atom. The average Bonchev–Trinajstić information content (AvgIpc) is 2.65. The highest BCUT2D eigenvalue weighted by Crippen LogP contribution is 2.27. The normalized spacial score (nSPS) is 23.4. The molecular formula is C24H44O6. The number of carbonyl (C=O) groups excluding carboxylic acids is 1. The molecule has 176 valence electrons. The molecule has 6 heteroatoms. The Morgan fingerprint density at radius 1 is 1.13 bits per heavy atom. The lowest BCUT2D eigenvalue weighted by atomic mass is 9.93. The first-order valence-corrected chi connectivity index (χ1v) is 11.6. The summed E-state index contributed by atoms with van der Waals surface area (Å²) < 4.78 is 16.9. The second-order valence-electron chi connectivity index (χ2n) is 9.61. The fourth-order valence-corrected chi connectivity index (χ4v) is 3.37.